The highest BCUT2D eigenvalue weighted by Gasteiger charge is 2.62. The lowest BCUT2D eigenvalue weighted by atomic mass is 9.93. The number of amides is 1. The van der Waals surface area contributed by atoms with Gasteiger partial charge in [0.15, 0.2) is 5.82 Å². The molecule has 2 aliphatic heterocycles. The Morgan fingerprint density at radius 3 is 2.65 bits per heavy atom. The minimum atomic E-state index is -4.25. The molecule has 0 unspecified atom stereocenters. The molecular formula is C28H34F3N7O4S. The van der Waals surface area contributed by atoms with Gasteiger partial charge in [0.05, 0.1) is 23.3 Å². The average molecular weight is 622 g/mol. The molecule has 0 aromatic carbocycles. The van der Waals surface area contributed by atoms with Crippen LogP contribution in [0.3, 0.4) is 0 Å². The summed E-state index contributed by atoms with van der Waals surface area (Å²) in [6.07, 6.45) is 1.41. The van der Waals surface area contributed by atoms with Crippen LogP contribution in [-0.4, -0.2) is 63.7 Å². The van der Waals surface area contributed by atoms with Crippen LogP contribution in [0.15, 0.2) is 35.5 Å². The van der Waals surface area contributed by atoms with Crippen LogP contribution in [0.2, 0.25) is 0 Å². The van der Waals surface area contributed by atoms with Gasteiger partial charge in [0.2, 0.25) is 5.88 Å². The first-order valence-corrected chi connectivity index (χ1v) is 15.8. The number of carbonyl (C=O) groups is 1. The molecule has 1 atom stereocenters. The van der Waals surface area contributed by atoms with Gasteiger partial charge in [0, 0.05) is 37.1 Å². The smallest absolute Gasteiger partial charge is 0.394 e. The van der Waals surface area contributed by atoms with Gasteiger partial charge in [-0.15, -0.1) is 5.10 Å². The van der Waals surface area contributed by atoms with Crippen molar-refractivity contribution in [1.82, 2.24) is 29.3 Å². The van der Waals surface area contributed by atoms with Crippen molar-refractivity contribution in [2.24, 2.45) is 11.3 Å². The summed E-state index contributed by atoms with van der Waals surface area (Å²) in [5, 5.41) is 8.68. The van der Waals surface area contributed by atoms with Crippen LogP contribution in [0.25, 0.3) is 5.82 Å². The van der Waals surface area contributed by atoms with E-state index in [0.717, 1.165) is 19.3 Å². The van der Waals surface area contributed by atoms with Crippen LogP contribution in [0.4, 0.5) is 19.0 Å². The number of aryl methyl sites for hydroxylation is 2. The van der Waals surface area contributed by atoms with Gasteiger partial charge in [-0.2, -0.15) is 18.3 Å². The van der Waals surface area contributed by atoms with Crippen LogP contribution < -0.4 is 14.4 Å². The lowest BCUT2D eigenvalue weighted by Gasteiger charge is -2.34. The van der Waals surface area contributed by atoms with Gasteiger partial charge < -0.3 is 9.64 Å². The molecule has 43 heavy (non-hydrogen) atoms. The molecule has 6 rings (SSSR count). The Morgan fingerprint density at radius 1 is 1.16 bits per heavy atom. The summed E-state index contributed by atoms with van der Waals surface area (Å²) < 4.78 is 77.0. The largest absolute Gasteiger partial charge is 0.477 e. The highest BCUT2D eigenvalue weighted by atomic mass is 32.2. The number of anilines is 1. The van der Waals surface area contributed by atoms with Crippen LogP contribution in [0.5, 0.6) is 5.88 Å². The maximum absolute atomic E-state index is 13.5. The monoisotopic (exact) mass is 621 g/mol. The van der Waals surface area contributed by atoms with E-state index in [4.69, 9.17) is 9.72 Å². The number of pyridine rings is 1. The number of nitrogens with zero attached hydrogens (tertiary/aromatic N) is 6. The number of sulfonamides is 1. The predicted octanol–water partition coefficient (Wildman–Crippen LogP) is 4.40. The van der Waals surface area contributed by atoms with E-state index >= 15 is 0 Å². The molecule has 1 saturated heterocycles. The SMILES string of the molecule is Cc1nn2cc1S(=O)(=O)NC(=O)c1ccc(-n3ccc(OCCC4(C(F)(F)F)CC4)n3)nc1N1C[C@@H](CCC2)CC1(C)C. The Balaban J connectivity index is 1.31. The number of alkyl halides is 3. The Bertz CT molecular complexity index is 1660. The molecule has 0 spiro atoms. The number of carbonyl (C=O) groups excluding carboxylic acids is 1. The summed E-state index contributed by atoms with van der Waals surface area (Å²) in [7, 11) is -4.21. The standard InChI is InChI=1S/C28H34F3N7O4S/c1-18-21-17-36(33-18)12-4-5-19-15-26(2,3)37(16-19)24-20(25(39)35-43(21,40)41)6-7-22(32-24)38-13-8-23(34-38)42-14-11-27(9-10-27)28(29,30)31/h6-8,13,17,19H,4-5,9-12,14-16H2,1-3H3,(H,35,39)/t19-/m0/s1. The molecule has 15 heteroatoms. The van der Waals surface area contributed by atoms with E-state index in [2.05, 4.69) is 28.8 Å². The van der Waals surface area contributed by atoms with Gasteiger partial charge >= 0.3 is 6.18 Å². The first kappa shape index (κ1) is 29.5. The summed E-state index contributed by atoms with van der Waals surface area (Å²) in [4.78, 5) is 20.3. The van der Waals surface area contributed by atoms with Crippen LogP contribution in [0, 0.1) is 18.3 Å². The topological polar surface area (TPSA) is 124 Å². The van der Waals surface area contributed by atoms with E-state index in [9.17, 15) is 26.4 Å². The van der Waals surface area contributed by atoms with Crippen molar-refractivity contribution in [2.45, 2.75) is 82.5 Å². The number of ether oxygens (including phenoxy) is 1. The third kappa shape index (κ3) is 5.58. The van der Waals surface area contributed by atoms with Crippen molar-refractivity contribution < 1.29 is 31.1 Å². The number of rotatable bonds is 5. The van der Waals surface area contributed by atoms with Gasteiger partial charge in [0.25, 0.3) is 15.9 Å². The van der Waals surface area contributed by atoms with Gasteiger partial charge in [0.1, 0.15) is 10.7 Å². The summed E-state index contributed by atoms with van der Waals surface area (Å²) in [5.41, 5.74) is -1.64. The second kappa shape index (κ2) is 10.2. The maximum atomic E-state index is 13.5. The van der Waals surface area contributed by atoms with Crippen molar-refractivity contribution in [2.75, 3.05) is 18.1 Å². The fourth-order valence-corrected chi connectivity index (χ4v) is 7.40. The molecule has 232 valence electrons. The van der Waals surface area contributed by atoms with Crippen molar-refractivity contribution in [3.05, 3.63) is 41.9 Å². The average Bonchev–Trinajstić information content (AvgIpc) is 3.25. The molecule has 2 fully saturated rings. The van der Waals surface area contributed by atoms with E-state index in [1.54, 1.807) is 23.9 Å². The lowest BCUT2D eigenvalue weighted by molar-refractivity contribution is -0.190. The van der Waals surface area contributed by atoms with E-state index in [1.807, 2.05) is 4.90 Å². The molecule has 3 aliphatic rings. The molecule has 3 aromatic rings. The van der Waals surface area contributed by atoms with E-state index in [0.29, 0.717) is 36.3 Å². The summed E-state index contributed by atoms with van der Waals surface area (Å²) in [6.45, 7) is 6.77. The first-order valence-electron chi connectivity index (χ1n) is 14.3. The van der Waals surface area contributed by atoms with Gasteiger partial charge in [-0.25, -0.2) is 22.8 Å². The zero-order chi connectivity index (χ0) is 30.8. The third-order valence-corrected chi connectivity index (χ3v) is 10.3. The molecule has 1 aliphatic carbocycles. The summed E-state index contributed by atoms with van der Waals surface area (Å²) >= 11 is 0. The minimum absolute atomic E-state index is 0.0560. The Hall–Kier alpha value is -3.62. The molecule has 1 saturated carbocycles. The van der Waals surface area contributed by atoms with Crippen molar-refractivity contribution in [3.8, 4) is 11.7 Å². The van der Waals surface area contributed by atoms with Gasteiger partial charge in [-0.1, -0.05) is 0 Å². The Morgan fingerprint density at radius 2 is 1.93 bits per heavy atom. The van der Waals surface area contributed by atoms with Crippen molar-refractivity contribution in [1.29, 1.82) is 0 Å². The molecule has 5 heterocycles. The molecule has 4 bridgehead atoms. The Labute approximate surface area is 247 Å². The number of nitrogens with one attached hydrogen (secondary N) is 1. The van der Waals surface area contributed by atoms with Crippen LogP contribution in [-0.2, 0) is 16.6 Å². The minimum Gasteiger partial charge on any atom is -0.477 e. The normalized spacial score (nSPS) is 22.4. The molecule has 1 amide bonds. The second-order valence-electron chi connectivity index (χ2n) is 12.4. The number of fused-ring (bicyclic) bond motifs is 6. The molecule has 1 N–H and O–H groups in total. The maximum Gasteiger partial charge on any atom is 0.394 e. The summed E-state index contributed by atoms with van der Waals surface area (Å²) in [5.74, 6) is 0.314. The fourth-order valence-electron chi connectivity index (χ4n) is 6.24. The molecular weight excluding hydrogens is 587 g/mol. The van der Waals surface area contributed by atoms with Crippen LogP contribution >= 0.6 is 0 Å². The number of halogens is 3. The molecule has 3 aromatic heterocycles. The highest BCUT2D eigenvalue weighted by molar-refractivity contribution is 7.90. The van der Waals surface area contributed by atoms with Crippen LogP contribution in [0.1, 0.15) is 68.4 Å². The van der Waals surface area contributed by atoms with E-state index in [-0.39, 0.29) is 47.7 Å². The molecule has 0 radical (unpaired) electrons. The predicted molar refractivity (Wildman–Crippen MR) is 150 cm³/mol. The van der Waals surface area contributed by atoms with Gasteiger partial charge in [-0.05, 0) is 77.3 Å². The van der Waals surface area contributed by atoms with Gasteiger partial charge in [-0.3, -0.25) is 9.48 Å². The zero-order valence-corrected chi connectivity index (χ0v) is 25.0. The number of hydrogen-bond acceptors (Lipinski definition) is 8. The van der Waals surface area contributed by atoms with Crippen molar-refractivity contribution in [3.63, 3.8) is 0 Å². The summed E-state index contributed by atoms with van der Waals surface area (Å²) in [6, 6.07) is 4.59. The van der Waals surface area contributed by atoms with E-state index in [1.165, 1.54) is 23.0 Å². The second-order valence-corrected chi connectivity index (χ2v) is 14.1. The Kier molecular flexibility index (Phi) is 7.01. The third-order valence-electron chi connectivity index (χ3n) is 8.82. The number of hydrogen-bond donors (Lipinski definition) is 1. The first-order chi connectivity index (χ1) is 20.2. The number of aromatic nitrogens is 5. The molecule has 11 nitrogen and oxygen atoms in total. The highest BCUT2D eigenvalue weighted by Crippen LogP contribution is 2.59. The quantitative estimate of drug-likeness (QED) is 0.445. The fraction of sp³-hybridized carbons (Fsp3) is 0.571. The zero-order valence-electron chi connectivity index (χ0n) is 24.2. The van der Waals surface area contributed by atoms with E-state index < -0.39 is 27.5 Å². The lowest BCUT2D eigenvalue weighted by Crippen LogP contribution is -2.41. The van der Waals surface area contributed by atoms with Crippen molar-refractivity contribution >= 4 is 21.7 Å².